The van der Waals surface area contributed by atoms with Crippen molar-refractivity contribution in [1.29, 1.82) is 0 Å². The fourth-order valence-electron chi connectivity index (χ4n) is 2.97. The molecule has 1 amide bonds. The first-order chi connectivity index (χ1) is 17.4. The number of methoxy groups -OCH3 is 2. The van der Waals surface area contributed by atoms with E-state index in [1.54, 1.807) is 12.3 Å². The zero-order valence-corrected chi connectivity index (χ0v) is 20.1. The van der Waals surface area contributed by atoms with Crippen molar-refractivity contribution in [3.63, 3.8) is 0 Å². The second kappa shape index (κ2) is 10.7. The lowest BCUT2D eigenvalue weighted by atomic mass is 10.3. The number of nitrogens with one attached hydrogen (secondary N) is 2. The van der Waals surface area contributed by atoms with E-state index >= 15 is 0 Å². The lowest BCUT2D eigenvalue weighted by Gasteiger charge is -2.10. The highest BCUT2D eigenvalue weighted by Crippen LogP contribution is 2.21. The monoisotopic (exact) mass is 510 g/mol. The minimum atomic E-state index is -3.98. The first kappa shape index (κ1) is 24.5. The predicted molar refractivity (Wildman–Crippen MR) is 130 cm³/mol. The summed E-state index contributed by atoms with van der Waals surface area (Å²) in [5.74, 6) is 0.332. The Morgan fingerprint density at radius 1 is 0.972 bits per heavy atom. The van der Waals surface area contributed by atoms with Crippen LogP contribution in [0.25, 0.3) is 0 Å². The smallest absolute Gasteiger partial charge is 0.321 e. The molecule has 186 valence electrons. The van der Waals surface area contributed by atoms with Gasteiger partial charge in [0, 0.05) is 18.0 Å². The van der Waals surface area contributed by atoms with Gasteiger partial charge in [-0.05, 0) is 42.5 Å². The summed E-state index contributed by atoms with van der Waals surface area (Å²) in [6, 6.07) is 17.7. The number of anilines is 2. The van der Waals surface area contributed by atoms with Gasteiger partial charge in [0.1, 0.15) is 5.75 Å². The zero-order chi connectivity index (χ0) is 25.5. The first-order valence-corrected chi connectivity index (χ1v) is 12.0. The molecule has 0 aliphatic rings. The van der Waals surface area contributed by atoms with E-state index in [1.807, 2.05) is 30.3 Å². The van der Waals surface area contributed by atoms with Gasteiger partial charge in [-0.25, -0.2) is 13.1 Å². The molecule has 2 aromatic carbocycles. The number of para-hydroxylation sites is 1. The number of amides is 1. The molecule has 0 bridgehead atoms. The molecule has 0 aliphatic carbocycles. The van der Waals surface area contributed by atoms with Crippen molar-refractivity contribution in [2.45, 2.75) is 11.6 Å². The maximum Gasteiger partial charge on any atom is 0.321 e. The van der Waals surface area contributed by atoms with Crippen molar-refractivity contribution in [2.75, 3.05) is 24.3 Å². The van der Waals surface area contributed by atoms with Crippen LogP contribution in [-0.4, -0.2) is 48.3 Å². The SMILES string of the molecule is COc1cc(NS(=O)(=O)c2ccc(NC(=O)c3ccn(COc4ccccc4)n3)cc2)nc(OC)n1. The number of rotatable bonds is 10. The molecule has 4 aromatic rings. The average Bonchev–Trinajstić information content (AvgIpc) is 3.37. The van der Waals surface area contributed by atoms with Crippen LogP contribution in [0.1, 0.15) is 10.5 Å². The Bertz CT molecular complexity index is 1420. The predicted octanol–water partition coefficient (Wildman–Crippen LogP) is 2.78. The van der Waals surface area contributed by atoms with Crippen LogP contribution < -0.4 is 24.2 Å². The molecule has 36 heavy (non-hydrogen) atoms. The van der Waals surface area contributed by atoms with Crippen molar-refractivity contribution in [3.8, 4) is 17.6 Å². The lowest BCUT2D eigenvalue weighted by Crippen LogP contribution is -2.16. The van der Waals surface area contributed by atoms with Crippen molar-refractivity contribution in [1.82, 2.24) is 19.7 Å². The van der Waals surface area contributed by atoms with Crippen LogP contribution in [0.3, 0.4) is 0 Å². The number of nitrogens with zero attached hydrogens (tertiary/aromatic N) is 4. The van der Waals surface area contributed by atoms with Crippen LogP contribution in [0.2, 0.25) is 0 Å². The summed E-state index contributed by atoms with van der Waals surface area (Å²) in [5.41, 5.74) is 0.566. The lowest BCUT2D eigenvalue weighted by molar-refractivity contribution is 0.102. The number of sulfonamides is 1. The van der Waals surface area contributed by atoms with Crippen LogP contribution in [0.5, 0.6) is 17.6 Å². The minimum absolute atomic E-state index is 0.0251. The molecule has 2 aromatic heterocycles. The van der Waals surface area contributed by atoms with E-state index in [0.717, 1.165) is 0 Å². The molecule has 0 unspecified atom stereocenters. The second-order valence-electron chi connectivity index (χ2n) is 7.19. The van der Waals surface area contributed by atoms with Gasteiger partial charge >= 0.3 is 6.01 Å². The zero-order valence-electron chi connectivity index (χ0n) is 19.3. The molecule has 2 heterocycles. The number of aromatic nitrogens is 4. The minimum Gasteiger partial charge on any atom is -0.481 e. The quantitative estimate of drug-likeness (QED) is 0.329. The largest absolute Gasteiger partial charge is 0.481 e. The normalized spacial score (nSPS) is 10.9. The first-order valence-electron chi connectivity index (χ1n) is 10.5. The third-order valence-corrected chi connectivity index (χ3v) is 6.09. The molecule has 0 aliphatic heterocycles. The average molecular weight is 511 g/mol. The van der Waals surface area contributed by atoms with E-state index in [0.29, 0.717) is 11.4 Å². The number of ether oxygens (including phenoxy) is 3. The number of carbonyl (C=O) groups excluding carboxylic acids is 1. The van der Waals surface area contributed by atoms with Crippen LogP contribution in [0.4, 0.5) is 11.5 Å². The molecule has 0 radical (unpaired) electrons. The highest BCUT2D eigenvalue weighted by atomic mass is 32.2. The van der Waals surface area contributed by atoms with Crippen molar-refractivity contribution in [3.05, 3.63) is 78.6 Å². The van der Waals surface area contributed by atoms with E-state index in [1.165, 1.54) is 49.2 Å². The molecule has 0 saturated carbocycles. The molecule has 4 rings (SSSR count). The molecular formula is C23H22N6O6S. The molecular weight excluding hydrogens is 488 g/mol. The fraction of sp³-hybridized carbons (Fsp3) is 0.130. The summed E-state index contributed by atoms with van der Waals surface area (Å²) >= 11 is 0. The Balaban J connectivity index is 1.38. The van der Waals surface area contributed by atoms with E-state index in [-0.39, 0.29) is 35.0 Å². The highest BCUT2D eigenvalue weighted by Gasteiger charge is 2.17. The molecule has 13 heteroatoms. The maximum atomic E-state index is 12.8. The van der Waals surface area contributed by atoms with Crippen molar-refractivity contribution < 1.29 is 27.4 Å². The topological polar surface area (TPSA) is 147 Å². The van der Waals surface area contributed by atoms with Gasteiger partial charge in [-0.1, -0.05) is 18.2 Å². The fourth-order valence-corrected chi connectivity index (χ4v) is 3.97. The van der Waals surface area contributed by atoms with E-state index in [9.17, 15) is 13.2 Å². The summed E-state index contributed by atoms with van der Waals surface area (Å²) < 4.78 is 44.9. The van der Waals surface area contributed by atoms with Gasteiger partial charge in [0.15, 0.2) is 18.2 Å². The number of carbonyl (C=O) groups is 1. The van der Waals surface area contributed by atoms with E-state index in [2.05, 4.69) is 25.1 Å². The summed E-state index contributed by atoms with van der Waals surface area (Å²) in [6.07, 6.45) is 1.62. The van der Waals surface area contributed by atoms with Gasteiger partial charge < -0.3 is 19.5 Å². The van der Waals surface area contributed by atoms with E-state index < -0.39 is 15.9 Å². The standard InChI is InChI=1S/C23H22N6O6S/c1-33-21-14-20(25-23(26-21)34-2)28-36(31,32)18-10-8-16(9-11-18)24-22(30)19-12-13-29(27-19)15-35-17-6-4-3-5-7-17/h3-14H,15H2,1-2H3,(H,24,30)(H,25,26,28). The Labute approximate surface area is 206 Å². The summed E-state index contributed by atoms with van der Waals surface area (Å²) in [6.45, 7) is 0.140. The van der Waals surface area contributed by atoms with E-state index in [4.69, 9.17) is 14.2 Å². The summed E-state index contributed by atoms with van der Waals surface area (Å²) in [4.78, 5) is 20.4. The van der Waals surface area contributed by atoms with Gasteiger partial charge in [-0.15, -0.1) is 0 Å². The Morgan fingerprint density at radius 3 is 2.42 bits per heavy atom. The van der Waals surface area contributed by atoms with Crippen LogP contribution >= 0.6 is 0 Å². The number of hydrogen-bond donors (Lipinski definition) is 2. The Kier molecular flexibility index (Phi) is 7.30. The van der Waals surface area contributed by atoms with Gasteiger partial charge in [0.05, 0.1) is 19.1 Å². The number of benzene rings is 2. The van der Waals surface area contributed by atoms with Gasteiger partial charge in [-0.2, -0.15) is 15.1 Å². The third-order valence-electron chi connectivity index (χ3n) is 4.72. The third kappa shape index (κ3) is 6.07. The summed E-state index contributed by atoms with van der Waals surface area (Å²) in [7, 11) is -1.25. The molecule has 2 N–H and O–H groups in total. The molecule has 0 fully saturated rings. The maximum absolute atomic E-state index is 12.8. The van der Waals surface area contributed by atoms with Crippen LogP contribution in [0, 0.1) is 0 Å². The highest BCUT2D eigenvalue weighted by molar-refractivity contribution is 7.92. The Morgan fingerprint density at radius 2 is 1.72 bits per heavy atom. The van der Waals surface area contributed by atoms with Crippen molar-refractivity contribution in [2.24, 2.45) is 0 Å². The molecule has 0 spiro atoms. The van der Waals surface area contributed by atoms with Crippen LogP contribution in [-0.2, 0) is 16.8 Å². The van der Waals surface area contributed by atoms with Crippen molar-refractivity contribution >= 4 is 27.4 Å². The van der Waals surface area contributed by atoms with Gasteiger partial charge in [0.2, 0.25) is 5.88 Å². The van der Waals surface area contributed by atoms with Crippen LogP contribution in [0.15, 0.2) is 77.8 Å². The van der Waals surface area contributed by atoms with Gasteiger partial charge in [-0.3, -0.25) is 9.52 Å². The van der Waals surface area contributed by atoms with Gasteiger partial charge in [0.25, 0.3) is 15.9 Å². The number of hydrogen-bond acceptors (Lipinski definition) is 9. The molecule has 0 atom stereocenters. The summed E-state index contributed by atoms with van der Waals surface area (Å²) in [5, 5.41) is 6.87. The Hall–Kier alpha value is -4.65. The molecule has 12 nitrogen and oxygen atoms in total. The second-order valence-corrected chi connectivity index (χ2v) is 8.88. The molecule has 0 saturated heterocycles.